The van der Waals surface area contributed by atoms with Crippen molar-refractivity contribution >= 4 is 23.1 Å². The Bertz CT molecular complexity index is 895. The molecular formula is C20H23N4O3+. The molecule has 1 unspecified atom stereocenters. The van der Waals surface area contributed by atoms with Crippen LogP contribution in [0.1, 0.15) is 17.5 Å². The van der Waals surface area contributed by atoms with Crippen molar-refractivity contribution in [3.8, 4) is 5.75 Å². The van der Waals surface area contributed by atoms with Crippen LogP contribution in [0.2, 0.25) is 0 Å². The Morgan fingerprint density at radius 2 is 1.85 bits per heavy atom. The fraction of sp³-hybridized carbons (Fsp3) is 0.200. The third-order valence-corrected chi connectivity index (χ3v) is 4.55. The van der Waals surface area contributed by atoms with Crippen molar-refractivity contribution in [1.29, 1.82) is 0 Å². The summed E-state index contributed by atoms with van der Waals surface area (Å²) in [5, 5.41) is 0. The van der Waals surface area contributed by atoms with E-state index in [2.05, 4.69) is 19.2 Å². The minimum atomic E-state index is -0.437. The number of nitrogens with two attached hydrogens (primary N) is 2. The van der Waals surface area contributed by atoms with Crippen molar-refractivity contribution < 1.29 is 14.3 Å². The van der Waals surface area contributed by atoms with Gasteiger partial charge in [0.2, 0.25) is 5.91 Å². The van der Waals surface area contributed by atoms with Gasteiger partial charge in [-0.3, -0.25) is 19.5 Å². The van der Waals surface area contributed by atoms with Crippen molar-refractivity contribution in [3.63, 3.8) is 0 Å². The molecule has 0 aromatic heterocycles. The number of rotatable bonds is 7. The Balaban J connectivity index is 2.01. The van der Waals surface area contributed by atoms with Gasteiger partial charge in [0.15, 0.2) is 6.61 Å². The van der Waals surface area contributed by atoms with Gasteiger partial charge in [0.05, 0.1) is 19.0 Å². The lowest BCUT2D eigenvalue weighted by atomic mass is 10.0. The highest BCUT2D eigenvalue weighted by Gasteiger charge is 2.37. The fourth-order valence-corrected chi connectivity index (χ4v) is 3.47. The van der Waals surface area contributed by atoms with Crippen LogP contribution in [0, 0.1) is 0 Å². The van der Waals surface area contributed by atoms with Crippen LogP contribution in [0.25, 0.3) is 5.57 Å². The van der Waals surface area contributed by atoms with E-state index in [1.165, 1.54) is 0 Å². The molecule has 0 bridgehead atoms. The summed E-state index contributed by atoms with van der Waals surface area (Å²) in [6, 6.07) is 15.7. The zero-order valence-electron chi connectivity index (χ0n) is 15.1. The van der Waals surface area contributed by atoms with E-state index in [9.17, 15) is 9.59 Å². The van der Waals surface area contributed by atoms with Crippen molar-refractivity contribution in [2.75, 3.05) is 13.7 Å². The molecule has 0 saturated carbocycles. The smallest absolute Gasteiger partial charge is 0.271 e. The molecular weight excluding hydrogens is 344 g/mol. The molecule has 1 atom stereocenters. The normalized spacial score (nSPS) is 17.8. The Labute approximate surface area is 157 Å². The minimum absolute atomic E-state index is 0.0963. The number of ether oxygens (including phenoxy) is 1. The zero-order valence-corrected chi connectivity index (χ0v) is 15.1. The summed E-state index contributed by atoms with van der Waals surface area (Å²) in [5.74, 6) is 4.78. The molecule has 0 radical (unpaired) electrons. The number of carbonyl (C=O) groups excluding carboxylic acids is 2. The van der Waals surface area contributed by atoms with E-state index in [0.717, 1.165) is 22.4 Å². The lowest BCUT2D eigenvalue weighted by Gasteiger charge is -2.27. The predicted molar refractivity (Wildman–Crippen MR) is 104 cm³/mol. The van der Waals surface area contributed by atoms with E-state index >= 15 is 0 Å². The second-order valence-corrected chi connectivity index (χ2v) is 6.72. The highest BCUT2D eigenvalue weighted by atomic mass is 16.5. The van der Waals surface area contributed by atoms with Gasteiger partial charge in [-0.1, -0.05) is 36.4 Å². The molecule has 27 heavy (non-hydrogen) atoms. The molecule has 0 fully saturated rings. The van der Waals surface area contributed by atoms with Crippen LogP contribution in [-0.4, -0.2) is 25.5 Å². The lowest BCUT2D eigenvalue weighted by Crippen LogP contribution is -2.36. The highest BCUT2D eigenvalue weighted by Crippen LogP contribution is 2.46. The third-order valence-electron chi connectivity index (χ3n) is 4.55. The first-order chi connectivity index (χ1) is 12.9. The molecule has 5 N–H and O–H groups in total. The summed E-state index contributed by atoms with van der Waals surface area (Å²) in [6.45, 7) is 0.502. The SMILES string of the molecule is C[N+]1(Cc2ccccc2)C=C(CC(N)=O)c2c(OCC(=O)NN)cccc21. The Kier molecular flexibility index (Phi) is 5.25. The van der Waals surface area contributed by atoms with Crippen LogP contribution in [0.5, 0.6) is 5.75 Å². The number of quaternary nitrogens is 1. The van der Waals surface area contributed by atoms with Gasteiger partial charge in [0, 0.05) is 17.2 Å². The fourth-order valence-electron chi connectivity index (χ4n) is 3.47. The van der Waals surface area contributed by atoms with Gasteiger partial charge in [-0.05, 0) is 6.07 Å². The quantitative estimate of drug-likeness (QED) is 0.298. The molecule has 0 saturated heterocycles. The van der Waals surface area contributed by atoms with Gasteiger partial charge < -0.3 is 10.5 Å². The molecule has 2 aromatic rings. The van der Waals surface area contributed by atoms with Crippen molar-refractivity contribution in [1.82, 2.24) is 9.91 Å². The largest absolute Gasteiger partial charge is 0.483 e. The highest BCUT2D eigenvalue weighted by molar-refractivity contribution is 5.95. The average molecular weight is 367 g/mol. The predicted octanol–water partition coefficient (Wildman–Crippen LogP) is 1.42. The van der Waals surface area contributed by atoms with Crippen LogP contribution in [-0.2, 0) is 16.1 Å². The lowest BCUT2D eigenvalue weighted by molar-refractivity contribution is -0.123. The van der Waals surface area contributed by atoms with E-state index in [4.69, 9.17) is 16.3 Å². The van der Waals surface area contributed by atoms with Gasteiger partial charge in [0.1, 0.15) is 24.2 Å². The third kappa shape index (κ3) is 3.99. The number of hydrazine groups is 1. The Morgan fingerprint density at radius 3 is 2.52 bits per heavy atom. The Hall–Kier alpha value is -3.16. The van der Waals surface area contributed by atoms with E-state index in [-0.39, 0.29) is 13.0 Å². The molecule has 3 rings (SSSR count). The first kappa shape index (κ1) is 18.6. The molecule has 0 aliphatic carbocycles. The molecule has 2 aromatic carbocycles. The minimum Gasteiger partial charge on any atom is -0.483 e. The number of primary amides is 1. The standard InChI is InChI=1S/C20H22N4O3/c1-24(11-14-6-3-2-4-7-14)12-15(10-18(21)25)20-16(24)8-5-9-17(20)27-13-19(26)23-22/h2-9,12H,10-11,13,22H2,1H3,(H2-,21,23,25,26)/p+1. The van der Waals surface area contributed by atoms with Crippen LogP contribution in [0.4, 0.5) is 5.69 Å². The van der Waals surface area contributed by atoms with Crippen LogP contribution in [0.3, 0.4) is 0 Å². The Morgan fingerprint density at radius 1 is 1.11 bits per heavy atom. The van der Waals surface area contributed by atoms with Crippen LogP contribution < -0.4 is 26.2 Å². The number of benzene rings is 2. The number of hydrogen-bond donors (Lipinski definition) is 3. The van der Waals surface area contributed by atoms with E-state index in [0.29, 0.717) is 16.8 Å². The number of hydrogen-bond acceptors (Lipinski definition) is 4. The summed E-state index contributed by atoms with van der Waals surface area (Å²) >= 11 is 0. The summed E-state index contributed by atoms with van der Waals surface area (Å²) in [6.07, 6.45) is 2.12. The number of fused-ring (bicyclic) bond motifs is 1. The van der Waals surface area contributed by atoms with Gasteiger partial charge in [0.25, 0.3) is 5.91 Å². The summed E-state index contributed by atoms with van der Waals surface area (Å²) < 4.78 is 6.14. The molecule has 140 valence electrons. The van der Waals surface area contributed by atoms with Crippen molar-refractivity contribution in [2.45, 2.75) is 13.0 Å². The molecule has 7 nitrogen and oxygen atoms in total. The van der Waals surface area contributed by atoms with Gasteiger partial charge in [-0.15, -0.1) is 0 Å². The number of nitrogens with zero attached hydrogens (tertiary/aromatic N) is 1. The topological polar surface area (TPSA) is 107 Å². The summed E-state index contributed by atoms with van der Waals surface area (Å²) in [5.41, 5.74) is 11.2. The van der Waals surface area contributed by atoms with Gasteiger partial charge in [-0.2, -0.15) is 0 Å². The maximum atomic E-state index is 11.6. The van der Waals surface area contributed by atoms with E-state index in [1.807, 2.05) is 42.0 Å². The van der Waals surface area contributed by atoms with Crippen LogP contribution in [0.15, 0.2) is 54.7 Å². The van der Waals surface area contributed by atoms with Gasteiger partial charge >= 0.3 is 0 Å². The van der Waals surface area contributed by atoms with E-state index < -0.39 is 11.8 Å². The molecule has 2 amide bonds. The maximum Gasteiger partial charge on any atom is 0.271 e. The van der Waals surface area contributed by atoms with Crippen molar-refractivity contribution in [3.05, 3.63) is 65.9 Å². The molecule has 1 aliphatic rings. The summed E-state index contributed by atoms with van der Waals surface area (Å²) in [4.78, 5) is 23.1. The van der Waals surface area contributed by atoms with Crippen molar-refractivity contribution in [2.24, 2.45) is 11.6 Å². The molecule has 1 heterocycles. The molecule has 7 heteroatoms. The maximum absolute atomic E-state index is 11.6. The second-order valence-electron chi connectivity index (χ2n) is 6.72. The number of amides is 2. The number of carbonyl (C=O) groups is 2. The average Bonchev–Trinajstić information content (AvgIpc) is 2.92. The molecule has 1 aliphatic heterocycles. The number of nitrogens with one attached hydrogen (secondary N) is 1. The zero-order chi connectivity index (χ0) is 19.4. The molecule has 0 spiro atoms. The first-order valence-corrected chi connectivity index (χ1v) is 8.58. The van der Waals surface area contributed by atoms with Gasteiger partial charge in [-0.25, -0.2) is 5.84 Å². The second kappa shape index (κ2) is 7.61. The summed E-state index contributed by atoms with van der Waals surface area (Å²) in [7, 11) is 2.07. The van der Waals surface area contributed by atoms with E-state index in [1.54, 1.807) is 6.07 Å². The van der Waals surface area contributed by atoms with Crippen LogP contribution >= 0.6 is 0 Å². The monoisotopic (exact) mass is 367 g/mol. The first-order valence-electron chi connectivity index (χ1n) is 8.58.